The highest BCUT2D eigenvalue weighted by Gasteiger charge is 2.33. The topological polar surface area (TPSA) is 69.6 Å². The van der Waals surface area contributed by atoms with Crippen LogP contribution in [0.25, 0.3) is 0 Å². The zero-order valence-electron chi connectivity index (χ0n) is 14.7. The Morgan fingerprint density at radius 2 is 1.80 bits per heavy atom. The molecule has 0 unspecified atom stereocenters. The van der Waals surface area contributed by atoms with Crippen LogP contribution in [-0.2, 0) is 9.59 Å². The third-order valence-electron chi connectivity index (χ3n) is 5.59. The first-order chi connectivity index (χ1) is 12.1. The Hall–Kier alpha value is -1.88. The molecular formula is C20H28N2O3. The summed E-state index contributed by atoms with van der Waals surface area (Å²) in [6.07, 6.45) is 7.47. The minimum Gasteiger partial charge on any atom is -0.480 e. The van der Waals surface area contributed by atoms with E-state index in [4.69, 9.17) is 0 Å². The van der Waals surface area contributed by atoms with Gasteiger partial charge in [-0.1, -0.05) is 49.6 Å². The molecule has 1 saturated heterocycles. The van der Waals surface area contributed by atoms with Crippen LogP contribution in [0.2, 0.25) is 0 Å². The molecule has 0 aromatic heterocycles. The summed E-state index contributed by atoms with van der Waals surface area (Å²) in [6.45, 7) is 0.858. The van der Waals surface area contributed by atoms with Crippen molar-refractivity contribution in [1.82, 2.24) is 10.2 Å². The molecule has 0 spiro atoms. The SMILES string of the molecule is O=C(CN1CCC[C@H]1C(=O)O)N[C@H](c1ccccc1)C1CCCCC1. The lowest BCUT2D eigenvalue weighted by atomic mass is 9.81. The van der Waals surface area contributed by atoms with Gasteiger partial charge in [0.25, 0.3) is 0 Å². The van der Waals surface area contributed by atoms with E-state index in [0.29, 0.717) is 18.9 Å². The van der Waals surface area contributed by atoms with Crippen LogP contribution in [0.1, 0.15) is 56.6 Å². The van der Waals surface area contributed by atoms with Gasteiger partial charge >= 0.3 is 5.97 Å². The van der Waals surface area contributed by atoms with Gasteiger partial charge in [-0.3, -0.25) is 14.5 Å². The fourth-order valence-electron chi connectivity index (χ4n) is 4.30. The molecule has 1 amide bonds. The predicted molar refractivity (Wildman–Crippen MR) is 96.1 cm³/mol. The average molecular weight is 344 g/mol. The first-order valence-electron chi connectivity index (χ1n) is 9.46. The standard InChI is InChI=1S/C20H28N2O3/c23-18(14-22-13-7-12-17(22)20(24)25)21-19(15-8-3-1-4-9-15)16-10-5-2-6-11-16/h1,3-4,8-9,16-17,19H,2,5-7,10-14H2,(H,21,23)(H,24,25)/t17-,19+/m0/s1. The van der Waals surface area contributed by atoms with E-state index >= 15 is 0 Å². The van der Waals surface area contributed by atoms with E-state index < -0.39 is 12.0 Å². The van der Waals surface area contributed by atoms with Crippen molar-refractivity contribution in [2.24, 2.45) is 5.92 Å². The van der Waals surface area contributed by atoms with Crippen molar-refractivity contribution in [3.05, 3.63) is 35.9 Å². The van der Waals surface area contributed by atoms with Crippen LogP contribution in [-0.4, -0.2) is 41.0 Å². The number of benzene rings is 1. The van der Waals surface area contributed by atoms with Crippen molar-refractivity contribution >= 4 is 11.9 Å². The maximum Gasteiger partial charge on any atom is 0.320 e. The summed E-state index contributed by atoms with van der Waals surface area (Å²) in [5.74, 6) is -0.418. The summed E-state index contributed by atoms with van der Waals surface area (Å²) in [7, 11) is 0. The average Bonchev–Trinajstić information content (AvgIpc) is 3.09. The van der Waals surface area contributed by atoms with E-state index in [-0.39, 0.29) is 18.5 Å². The van der Waals surface area contributed by atoms with Crippen LogP contribution < -0.4 is 5.32 Å². The van der Waals surface area contributed by atoms with Gasteiger partial charge in [-0.15, -0.1) is 0 Å². The molecule has 3 rings (SSSR count). The number of aliphatic carboxylic acids is 1. The highest BCUT2D eigenvalue weighted by molar-refractivity contribution is 5.80. The Morgan fingerprint density at radius 3 is 2.48 bits per heavy atom. The smallest absolute Gasteiger partial charge is 0.320 e. The maximum atomic E-state index is 12.6. The predicted octanol–water partition coefficient (Wildman–Crippen LogP) is 2.97. The number of carboxylic acids is 1. The highest BCUT2D eigenvalue weighted by Crippen LogP contribution is 2.34. The second-order valence-electron chi connectivity index (χ2n) is 7.32. The number of hydrogen-bond acceptors (Lipinski definition) is 3. The van der Waals surface area contributed by atoms with Crippen LogP contribution in [0.4, 0.5) is 0 Å². The van der Waals surface area contributed by atoms with Gasteiger partial charge < -0.3 is 10.4 Å². The molecule has 0 bridgehead atoms. The van der Waals surface area contributed by atoms with Gasteiger partial charge in [-0.05, 0) is 43.7 Å². The van der Waals surface area contributed by atoms with Gasteiger partial charge in [0.05, 0.1) is 12.6 Å². The van der Waals surface area contributed by atoms with E-state index in [1.807, 2.05) is 18.2 Å². The zero-order chi connectivity index (χ0) is 17.6. The lowest BCUT2D eigenvalue weighted by molar-refractivity contribution is -0.142. The number of hydrogen-bond donors (Lipinski definition) is 2. The molecule has 2 fully saturated rings. The van der Waals surface area contributed by atoms with Gasteiger partial charge in [0.1, 0.15) is 6.04 Å². The molecule has 5 nitrogen and oxygen atoms in total. The Labute approximate surface area is 149 Å². The molecular weight excluding hydrogens is 316 g/mol. The number of carbonyl (C=O) groups excluding carboxylic acids is 1. The summed E-state index contributed by atoms with van der Waals surface area (Å²) >= 11 is 0. The van der Waals surface area contributed by atoms with Crippen molar-refractivity contribution in [2.45, 2.75) is 57.0 Å². The van der Waals surface area contributed by atoms with Crippen molar-refractivity contribution in [1.29, 1.82) is 0 Å². The minimum atomic E-state index is -0.822. The Balaban J connectivity index is 1.67. The Bertz CT molecular complexity index is 584. The van der Waals surface area contributed by atoms with Crippen LogP contribution in [0.3, 0.4) is 0 Å². The van der Waals surface area contributed by atoms with Crippen molar-refractivity contribution < 1.29 is 14.7 Å². The molecule has 136 valence electrons. The zero-order valence-corrected chi connectivity index (χ0v) is 14.7. The van der Waals surface area contributed by atoms with E-state index in [2.05, 4.69) is 17.4 Å². The monoisotopic (exact) mass is 344 g/mol. The molecule has 1 aliphatic heterocycles. The van der Waals surface area contributed by atoms with Gasteiger partial charge in [-0.25, -0.2) is 0 Å². The number of carboxylic acid groups (broad SMARTS) is 1. The lowest BCUT2D eigenvalue weighted by Gasteiger charge is -2.32. The second kappa shape index (κ2) is 8.48. The van der Waals surface area contributed by atoms with Gasteiger partial charge in [0.15, 0.2) is 0 Å². The quantitative estimate of drug-likeness (QED) is 0.832. The molecule has 5 heteroatoms. The van der Waals surface area contributed by atoms with Crippen LogP contribution in [0.15, 0.2) is 30.3 Å². The summed E-state index contributed by atoms with van der Waals surface area (Å²) in [4.78, 5) is 25.8. The number of rotatable bonds is 6. The van der Waals surface area contributed by atoms with Gasteiger partial charge in [-0.2, -0.15) is 0 Å². The maximum absolute atomic E-state index is 12.6. The van der Waals surface area contributed by atoms with Gasteiger partial charge in [0.2, 0.25) is 5.91 Å². The lowest BCUT2D eigenvalue weighted by Crippen LogP contribution is -2.45. The molecule has 0 radical (unpaired) electrons. The summed E-state index contributed by atoms with van der Waals surface area (Å²) < 4.78 is 0. The molecule has 1 aromatic carbocycles. The first kappa shape index (κ1) is 17.9. The fourth-order valence-corrected chi connectivity index (χ4v) is 4.30. The molecule has 1 saturated carbocycles. The molecule has 25 heavy (non-hydrogen) atoms. The molecule has 1 aromatic rings. The Morgan fingerprint density at radius 1 is 1.08 bits per heavy atom. The molecule has 2 atom stereocenters. The first-order valence-corrected chi connectivity index (χ1v) is 9.46. The normalized spacial score (nSPS) is 23.3. The highest BCUT2D eigenvalue weighted by atomic mass is 16.4. The van der Waals surface area contributed by atoms with Crippen LogP contribution in [0.5, 0.6) is 0 Å². The van der Waals surface area contributed by atoms with Crippen molar-refractivity contribution in [2.75, 3.05) is 13.1 Å². The minimum absolute atomic E-state index is 0.0277. The molecule has 2 aliphatic rings. The third-order valence-corrected chi connectivity index (χ3v) is 5.59. The van der Waals surface area contributed by atoms with E-state index in [0.717, 1.165) is 24.8 Å². The second-order valence-corrected chi connectivity index (χ2v) is 7.32. The number of nitrogens with zero attached hydrogens (tertiary/aromatic N) is 1. The largest absolute Gasteiger partial charge is 0.480 e. The van der Waals surface area contributed by atoms with Crippen LogP contribution >= 0.6 is 0 Å². The summed E-state index contributed by atoms with van der Waals surface area (Å²) in [5, 5.41) is 12.5. The van der Waals surface area contributed by atoms with Gasteiger partial charge in [0, 0.05) is 0 Å². The molecule has 1 aliphatic carbocycles. The van der Waals surface area contributed by atoms with Crippen molar-refractivity contribution in [3.63, 3.8) is 0 Å². The molecule has 1 heterocycles. The number of amides is 1. The summed E-state index contributed by atoms with van der Waals surface area (Å²) in [6, 6.07) is 9.68. The van der Waals surface area contributed by atoms with E-state index in [9.17, 15) is 14.7 Å². The van der Waals surface area contributed by atoms with E-state index in [1.165, 1.54) is 19.3 Å². The van der Waals surface area contributed by atoms with E-state index in [1.54, 1.807) is 4.90 Å². The van der Waals surface area contributed by atoms with Crippen LogP contribution in [0, 0.1) is 5.92 Å². The van der Waals surface area contributed by atoms with Crippen molar-refractivity contribution in [3.8, 4) is 0 Å². The number of carbonyl (C=O) groups is 2. The third kappa shape index (κ3) is 4.60. The molecule has 2 N–H and O–H groups in total. The Kier molecular flexibility index (Phi) is 6.08. The summed E-state index contributed by atoms with van der Waals surface area (Å²) in [5.41, 5.74) is 1.15. The number of likely N-dealkylation sites (tertiary alicyclic amines) is 1. The fraction of sp³-hybridized carbons (Fsp3) is 0.600. The number of nitrogens with one attached hydrogen (secondary N) is 1.